The lowest BCUT2D eigenvalue weighted by Gasteiger charge is -2.20. The van der Waals surface area contributed by atoms with Gasteiger partial charge < -0.3 is 0 Å². The quantitative estimate of drug-likeness (QED) is 0.161. The lowest BCUT2D eigenvalue weighted by molar-refractivity contribution is 1.63. The fourth-order valence-electron chi connectivity index (χ4n) is 13.2. The van der Waals surface area contributed by atoms with Gasteiger partial charge in [-0.15, -0.1) is 0 Å². The van der Waals surface area contributed by atoms with Crippen molar-refractivity contribution in [1.29, 1.82) is 0 Å². The molecular weight excluding hydrogens is 865 g/mol. The lowest BCUT2D eigenvalue weighted by Crippen LogP contribution is -1.93. The van der Waals surface area contributed by atoms with E-state index in [0.29, 0.717) is 0 Å². The molecular formula is C72H42. The van der Waals surface area contributed by atoms with Gasteiger partial charge in [0.05, 0.1) is 0 Å². The third kappa shape index (κ3) is 5.47. The van der Waals surface area contributed by atoms with Crippen LogP contribution in [0, 0.1) is 0 Å². The normalized spacial score (nSPS) is 12.2. The van der Waals surface area contributed by atoms with Crippen LogP contribution in [0.3, 0.4) is 0 Å². The van der Waals surface area contributed by atoms with Crippen LogP contribution in [0.2, 0.25) is 0 Å². The maximum atomic E-state index is 2.44. The van der Waals surface area contributed by atoms with Crippen molar-refractivity contribution < 1.29 is 0 Å². The van der Waals surface area contributed by atoms with Crippen LogP contribution in [0.1, 0.15) is 0 Å². The molecule has 0 heteroatoms. The molecule has 0 radical (unpaired) electrons. The molecule has 0 nitrogen and oxygen atoms in total. The van der Waals surface area contributed by atoms with E-state index in [1.54, 1.807) is 0 Å². The zero-order chi connectivity index (χ0) is 47.0. The monoisotopic (exact) mass is 906 g/mol. The molecule has 0 amide bonds. The number of hydrogen-bond acceptors (Lipinski definition) is 0. The van der Waals surface area contributed by atoms with Gasteiger partial charge in [0.1, 0.15) is 0 Å². The van der Waals surface area contributed by atoms with Gasteiger partial charge in [-0.25, -0.2) is 0 Å². The number of benzene rings is 14. The minimum absolute atomic E-state index is 1.23. The minimum Gasteiger partial charge on any atom is -0.0622 e. The van der Waals surface area contributed by atoms with Gasteiger partial charge in [-0.1, -0.05) is 243 Å². The lowest BCUT2D eigenvalue weighted by atomic mass is 9.82. The van der Waals surface area contributed by atoms with Crippen LogP contribution >= 0.6 is 0 Å². The van der Waals surface area contributed by atoms with Crippen molar-refractivity contribution in [1.82, 2.24) is 0 Å². The number of rotatable bonds is 5. The van der Waals surface area contributed by atoms with E-state index in [1.165, 1.54) is 165 Å². The second-order valence-corrected chi connectivity index (χ2v) is 19.7. The number of fused-ring (bicyclic) bond motifs is 10. The first-order valence-corrected chi connectivity index (χ1v) is 25.2. The second-order valence-electron chi connectivity index (χ2n) is 19.7. The molecule has 2 aliphatic carbocycles. The Morgan fingerprint density at radius 3 is 0.861 bits per heavy atom. The summed E-state index contributed by atoms with van der Waals surface area (Å²) >= 11 is 0. The van der Waals surface area contributed by atoms with Crippen molar-refractivity contribution in [3.05, 3.63) is 255 Å². The molecule has 72 heavy (non-hydrogen) atoms. The summed E-state index contributed by atoms with van der Waals surface area (Å²) in [5, 5.41) is 15.3. The average molecular weight is 907 g/mol. The average Bonchev–Trinajstić information content (AvgIpc) is 3.96. The molecule has 0 saturated carbocycles. The van der Waals surface area contributed by atoms with Crippen molar-refractivity contribution in [3.63, 3.8) is 0 Å². The van der Waals surface area contributed by atoms with Gasteiger partial charge >= 0.3 is 0 Å². The molecule has 0 aromatic heterocycles. The summed E-state index contributed by atoms with van der Waals surface area (Å²) < 4.78 is 0. The Balaban J connectivity index is 0.978. The summed E-state index contributed by atoms with van der Waals surface area (Å²) in [6, 6.07) is 95.6. The summed E-state index contributed by atoms with van der Waals surface area (Å²) in [6.45, 7) is 0. The molecule has 2 aliphatic rings. The molecule has 0 saturated heterocycles. The van der Waals surface area contributed by atoms with Gasteiger partial charge in [0.15, 0.2) is 0 Å². The molecule has 330 valence electrons. The fraction of sp³-hybridized carbons (Fsp3) is 0. The van der Waals surface area contributed by atoms with Crippen LogP contribution in [-0.2, 0) is 0 Å². The molecule has 14 aromatic rings. The van der Waals surface area contributed by atoms with Crippen molar-refractivity contribution in [3.8, 4) is 100 Å². The summed E-state index contributed by atoms with van der Waals surface area (Å²) in [4.78, 5) is 0. The Labute approximate surface area is 417 Å². The Morgan fingerprint density at radius 1 is 0.153 bits per heavy atom. The van der Waals surface area contributed by atoms with Gasteiger partial charge in [-0.2, -0.15) is 0 Å². The minimum atomic E-state index is 1.23. The molecule has 0 N–H and O–H groups in total. The summed E-state index contributed by atoms with van der Waals surface area (Å²) in [5.74, 6) is 0. The molecule has 0 aliphatic heterocycles. The van der Waals surface area contributed by atoms with Crippen LogP contribution in [0.15, 0.2) is 255 Å². The predicted octanol–water partition coefficient (Wildman–Crippen LogP) is 20.2. The predicted molar refractivity (Wildman–Crippen MR) is 308 cm³/mol. The smallest absolute Gasteiger partial charge is 0.000741 e. The van der Waals surface area contributed by atoms with Crippen LogP contribution in [0.4, 0.5) is 0 Å². The Morgan fingerprint density at radius 2 is 0.458 bits per heavy atom. The maximum absolute atomic E-state index is 2.44. The molecule has 0 bridgehead atoms. The molecule has 0 unspecified atom stereocenters. The third-order valence-electron chi connectivity index (χ3n) is 16.1. The third-order valence-corrected chi connectivity index (χ3v) is 16.1. The van der Waals surface area contributed by atoms with Crippen LogP contribution in [0.5, 0.6) is 0 Å². The number of hydrogen-bond donors (Lipinski definition) is 0. The van der Waals surface area contributed by atoms with Gasteiger partial charge in [0.2, 0.25) is 0 Å². The molecule has 0 spiro atoms. The topological polar surface area (TPSA) is 0 Å². The van der Waals surface area contributed by atoms with Crippen molar-refractivity contribution in [2.75, 3.05) is 0 Å². The zero-order valence-electron chi connectivity index (χ0n) is 39.2. The molecule has 0 fully saturated rings. The Bertz CT molecular complexity index is 4350. The molecule has 16 rings (SSSR count). The van der Waals surface area contributed by atoms with Gasteiger partial charge in [0.25, 0.3) is 0 Å². The van der Waals surface area contributed by atoms with Gasteiger partial charge in [-0.3, -0.25) is 0 Å². The second kappa shape index (κ2) is 15.1. The molecule has 0 heterocycles. The van der Waals surface area contributed by atoms with Gasteiger partial charge in [-0.05, 0) is 177 Å². The first kappa shape index (κ1) is 39.5. The van der Waals surface area contributed by atoms with E-state index < -0.39 is 0 Å². The molecule has 14 aromatic carbocycles. The first-order valence-electron chi connectivity index (χ1n) is 25.2. The molecule has 0 atom stereocenters. The fourth-order valence-corrected chi connectivity index (χ4v) is 13.2. The van der Waals surface area contributed by atoms with E-state index in [-0.39, 0.29) is 0 Å². The first-order chi connectivity index (χ1) is 35.8. The summed E-state index contributed by atoms with van der Waals surface area (Å²) in [7, 11) is 0. The zero-order valence-corrected chi connectivity index (χ0v) is 39.2. The van der Waals surface area contributed by atoms with E-state index in [0.717, 1.165) is 0 Å². The SMILES string of the molecule is c1ccc(-c2c3c(c(-c4ccc5ccccc5c4)c4ccccc24)-c2ccc(-c4ccc5c6c(cccc46)-c4c-5c(-c5ccc6ccccc6c5)c5ccccc5c4-c4ccccc4)c4cccc-3c24)cc1. The van der Waals surface area contributed by atoms with E-state index in [2.05, 4.69) is 255 Å². The largest absolute Gasteiger partial charge is 0.0622 e. The van der Waals surface area contributed by atoms with Gasteiger partial charge in [0, 0.05) is 0 Å². The highest BCUT2D eigenvalue weighted by Crippen LogP contribution is 2.61. The van der Waals surface area contributed by atoms with Crippen molar-refractivity contribution in [2.24, 2.45) is 0 Å². The van der Waals surface area contributed by atoms with E-state index in [9.17, 15) is 0 Å². The highest BCUT2D eigenvalue weighted by atomic mass is 14.4. The summed E-state index contributed by atoms with van der Waals surface area (Å²) in [6.07, 6.45) is 0. The van der Waals surface area contributed by atoms with E-state index in [1.807, 2.05) is 0 Å². The maximum Gasteiger partial charge on any atom is -0.000741 e. The van der Waals surface area contributed by atoms with Crippen molar-refractivity contribution in [2.45, 2.75) is 0 Å². The highest BCUT2D eigenvalue weighted by molar-refractivity contribution is 6.32. The van der Waals surface area contributed by atoms with E-state index >= 15 is 0 Å². The Kier molecular flexibility index (Phi) is 8.26. The van der Waals surface area contributed by atoms with Crippen LogP contribution in [0.25, 0.3) is 165 Å². The highest BCUT2D eigenvalue weighted by Gasteiger charge is 2.34. The standard InChI is InChI=1S/C72H42/c1-3-19-45(20-4-1)63-55-25-11-13-27-57(55)65(49-35-33-43-17-7-9-23-47(43)41-49)71-61-39-37-51(53-29-15-31-59(67(53)61)69(63)71)52-38-40-62-68-54(52)30-16-32-60(68)70-64(46-21-5-2-6-22-46)56-26-12-14-28-58(56)66(72(62)70)50-36-34-44-18-8-10-24-48(44)42-50/h1-42H. The van der Waals surface area contributed by atoms with E-state index in [4.69, 9.17) is 0 Å². The van der Waals surface area contributed by atoms with Crippen LogP contribution < -0.4 is 0 Å². The Hall–Kier alpha value is -9.36. The summed E-state index contributed by atoms with van der Waals surface area (Å²) in [5.41, 5.74) is 23.1. The van der Waals surface area contributed by atoms with Crippen molar-refractivity contribution >= 4 is 64.6 Å². The van der Waals surface area contributed by atoms with Crippen LogP contribution in [-0.4, -0.2) is 0 Å².